The van der Waals surface area contributed by atoms with Crippen molar-refractivity contribution in [3.8, 4) is 0 Å². The van der Waals surface area contributed by atoms with Gasteiger partial charge < -0.3 is 5.32 Å². The molecule has 0 atom stereocenters. The van der Waals surface area contributed by atoms with Gasteiger partial charge in [0.2, 0.25) is 5.91 Å². The van der Waals surface area contributed by atoms with Crippen LogP contribution >= 0.6 is 11.6 Å². The number of nitrogens with one attached hydrogen (secondary N) is 1. The van der Waals surface area contributed by atoms with E-state index in [1.807, 2.05) is 0 Å². The van der Waals surface area contributed by atoms with Crippen LogP contribution in [0.5, 0.6) is 0 Å². The standard InChI is InChI=1S/C7H10ClNO2/c1-5(10)9-7(2-3-7)6(11)4-8/h2-4H2,1H3,(H,9,10). The molecule has 1 amide bonds. The fraction of sp³-hybridized carbons (Fsp3) is 0.714. The topological polar surface area (TPSA) is 46.2 Å². The quantitative estimate of drug-likeness (QED) is 0.634. The summed E-state index contributed by atoms with van der Waals surface area (Å²) in [6.07, 6.45) is 1.47. The fourth-order valence-electron chi connectivity index (χ4n) is 1.06. The van der Waals surface area contributed by atoms with Crippen molar-refractivity contribution in [2.75, 3.05) is 5.88 Å². The van der Waals surface area contributed by atoms with E-state index in [1.54, 1.807) is 0 Å². The average molecular weight is 176 g/mol. The highest BCUT2D eigenvalue weighted by atomic mass is 35.5. The van der Waals surface area contributed by atoms with E-state index in [0.29, 0.717) is 0 Å². The Morgan fingerprint density at radius 2 is 2.09 bits per heavy atom. The number of hydrogen-bond acceptors (Lipinski definition) is 2. The van der Waals surface area contributed by atoms with Crippen LogP contribution in [0.15, 0.2) is 0 Å². The van der Waals surface area contributed by atoms with Crippen LogP contribution in [-0.2, 0) is 9.59 Å². The molecule has 62 valence electrons. The van der Waals surface area contributed by atoms with Crippen molar-refractivity contribution >= 4 is 23.3 Å². The molecule has 0 aliphatic heterocycles. The number of hydrogen-bond donors (Lipinski definition) is 1. The third-order valence-corrected chi connectivity index (χ3v) is 2.06. The van der Waals surface area contributed by atoms with Crippen molar-refractivity contribution in [1.29, 1.82) is 0 Å². The van der Waals surface area contributed by atoms with Crippen LogP contribution in [0, 0.1) is 0 Å². The number of halogens is 1. The van der Waals surface area contributed by atoms with Crippen LogP contribution < -0.4 is 5.32 Å². The zero-order valence-electron chi connectivity index (χ0n) is 6.32. The van der Waals surface area contributed by atoms with Crippen molar-refractivity contribution in [1.82, 2.24) is 5.32 Å². The second-order valence-electron chi connectivity index (χ2n) is 2.82. The van der Waals surface area contributed by atoms with Crippen molar-refractivity contribution < 1.29 is 9.59 Å². The summed E-state index contributed by atoms with van der Waals surface area (Å²) in [6, 6.07) is 0. The highest BCUT2D eigenvalue weighted by Crippen LogP contribution is 2.36. The molecule has 0 aromatic carbocycles. The first-order valence-corrected chi connectivity index (χ1v) is 4.02. The Balaban J connectivity index is 2.53. The molecule has 0 spiro atoms. The van der Waals surface area contributed by atoms with Crippen molar-refractivity contribution in [3.63, 3.8) is 0 Å². The van der Waals surface area contributed by atoms with Gasteiger partial charge in [0, 0.05) is 6.92 Å². The summed E-state index contributed by atoms with van der Waals surface area (Å²) in [7, 11) is 0. The van der Waals surface area contributed by atoms with Crippen molar-refractivity contribution in [2.45, 2.75) is 25.3 Å². The Labute approximate surface area is 70.1 Å². The molecule has 0 aromatic rings. The van der Waals surface area contributed by atoms with Gasteiger partial charge in [0.1, 0.15) is 0 Å². The van der Waals surface area contributed by atoms with Crippen molar-refractivity contribution in [2.24, 2.45) is 0 Å². The number of ketones is 1. The van der Waals surface area contributed by atoms with E-state index >= 15 is 0 Å². The summed E-state index contributed by atoms with van der Waals surface area (Å²) >= 11 is 5.36. The summed E-state index contributed by atoms with van der Waals surface area (Å²) in [6.45, 7) is 1.40. The molecular formula is C7H10ClNO2. The lowest BCUT2D eigenvalue weighted by Crippen LogP contribution is -2.42. The monoisotopic (exact) mass is 175 g/mol. The van der Waals surface area contributed by atoms with Crippen LogP contribution in [0.25, 0.3) is 0 Å². The maximum atomic E-state index is 11.1. The summed E-state index contributed by atoms with van der Waals surface area (Å²) in [4.78, 5) is 21.7. The van der Waals surface area contributed by atoms with Crippen LogP contribution in [-0.4, -0.2) is 23.1 Å². The van der Waals surface area contributed by atoms with Gasteiger partial charge >= 0.3 is 0 Å². The molecule has 0 aromatic heterocycles. The lowest BCUT2D eigenvalue weighted by molar-refractivity contribution is -0.126. The summed E-state index contributed by atoms with van der Waals surface area (Å²) in [5.74, 6) is -0.254. The van der Waals surface area contributed by atoms with Gasteiger partial charge in [-0.25, -0.2) is 0 Å². The third kappa shape index (κ3) is 1.71. The summed E-state index contributed by atoms with van der Waals surface area (Å²) < 4.78 is 0. The zero-order chi connectivity index (χ0) is 8.48. The first-order chi connectivity index (χ1) is 5.10. The largest absolute Gasteiger partial charge is 0.344 e. The minimum absolute atomic E-state index is 0.0136. The van der Waals surface area contributed by atoms with Gasteiger partial charge in [0.25, 0.3) is 0 Å². The molecule has 1 aliphatic rings. The first-order valence-electron chi connectivity index (χ1n) is 3.49. The van der Waals surface area contributed by atoms with Gasteiger partial charge in [-0.2, -0.15) is 0 Å². The molecule has 1 aliphatic carbocycles. The molecule has 3 nitrogen and oxygen atoms in total. The lowest BCUT2D eigenvalue weighted by Gasteiger charge is -2.12. The predicted octanol–water partition coefficient (Wildman–Crippen LogP) is 0.463. The van der Waals surface area contributed by atoms with Gasteiger partial charge in [0.05, 0.1) is 11.4 Å². The molecule has 0 heterocycles. The van der Waals surface area contributed by atoms with E-state index in [1.165, 1.54) is 6.92 Å². The summed E-state index contributed by atoms with van der Waals surface area (Å²) in [5, 5.41) is 2.61. The second-order valence-corrected chi connectivity index (χ2v) is 3.09. The molecule has 1 saturated carbocycles. The number of amides is 1. The molecule has 0 unspecified atom stereocenters. The van der Waals surface area contributed by atoms with Gasteiger partial charge in [0.15, 0.2) is 5.78 Å². The molecule has 1 N–H and O–H groups in total. The van der Waals surface area contributed by atoms with E-state index in [9.17, 15) is 9.59 Å². The lowest BCUT2D eigenvalue weighted by atomic mass is 10.2. The molecular weight excluding hydrogens is 166 g/mol. The van der Waals surface area contributed by atoms with E-state index in [-0.39, 0.29) is 17.6 Å². The Morgan fingerprint density at radius 3 is 2.36 bits per heavy atom. The van der Waals surface area contributed by atoms with Gasteiger partial charge in [-0.05, 0) is 12.8 Å². The van der Waals surface area contributed by atoms with Gasteiger partial charge in [-0.3, -0.25) is 9.59 Å². The Kier molecular flexibility index (Phi) is 2.18. The normalized spacial score (nSPS) is 19.1. The van der Waals surface area contributed by atoms with Crippen LogP contribution in [0.2, 0.25) is 0 Å². The number of rotatable bonds is 3. The Bertz CT molecular complexity index is 199. The molecule has 0 radical (unpaired) electrons. The Morgan fingerprint density at radius 1 is 1.55 bits per heavy atom. The highest BCUT2D eigenvalue weighted by Gasteiger charge is 2.49. The van der Waals surface area contributed by atoms with E-state index in [0.717, 1.165) is 12.8 Å². The second kappa shape index (κ2) is 2.81. The molecule has 1 rings (SSSR count). The van der Waals surface area contributed by atoms with Crippen LogP contribution in [0.3, 0.4) is 0 Å². The first kappa shape index (κ1) is 8.53. The maximum absolute atomic E-state index is 11.1. The molecule has 4 heteroatoms. The SMILES string of the molecule is CC(=O)NC1(C(=O)CCl)CC1. The van der Waals surface area contributed by atoms with E-state index in [2.05, 4.69) is 5.32 Å². The minimum Gasteiger partial charge on any atom is -0.344 e. The molecule has 11 heavy (non-hydrogen) atoms. The number of alkyl halides is 1. The molecule has 1 fully saturated rings. The van der Waals surface area contributed by atoms with E-state index in [4.69, 9.17) is 11.6 Å². The smallest absolute Gasteiger partial charge is 0.217 e. The third-order valence-electron chi connectivity index (χ3n) is 1.82. The van der Waals surface area contributed by atoms with Crippen LogP contribution in [0.1, 0.15) is 19.8 Å². The number of carbonyl (C=O) groups is 2. The van der Waals surface area contributed by atoms with Crippen LogP contribution in [0.4, 0.5) is 0 Å². The molecule has 0 saturated heterocycles. The number of carbonyl (C=O) groups excluding carboxylic acids is 2. The summed E-state index contributed by atoms with van der Waals surface area (Å²) in [5.41, 5.74) is -0.590. The predicted molar refractivity (Wildman–Crippen MR) is 41.5 cm³/mol. The molecule has 0 bridgehead atoms. The van der Waals surface area contributed by atoms with Crippen molar-refractivity contribution in [3.05, 3.63) is 0 Å². The average Bonchev–Trinajstić information content (AvgIpc) is 2.67. The maximum Gasteiger partial charge on any atom is 0.217 e. The van der Waals surface area contributed by atoms with Gasteiger partial charge in [-0.15, -0.1) is 11.6 Å². The number of Topliss-reactive ketones (excluding diaryl/α,β-unsaturated/α-hetero) is 1. The van der Waals surface area contributed by atoms with E-state index < -0.39 is 5.54 Å². The van der Waals surface area contributed by atoms with Gasteiger partial charge in [-0.1, -0.05) is 0 Å². The Hall–Kier alpha value is -0.570. The minimum atomic E-state index is -0.590. The zero-order valence-corrected chi connectivity index (χ0v) is 7.07. The highest BCUT2D eigenvalue weighted by molar-refractivity contribution is 6.29. The fourth-order valence-corrected chi connectivity index (χ4v) is 1.32.